The van der Waals surface area contributed by atoms with E-state index >= 15 is 0 Å². The van der Waals surface area contributed by atoms with Crippen LogP contribution in [0.25, 0.3) is 0 Å². The molecule has 0 spiro atoms. The van der Waals surface area contributed by atoms with Crippen molar-refractivity contribution in [2.45, 2.75) is 37.8 Å². The van der Waals surface area contributed by atoms with Crippen molar-refractivity contribution in [3.63, 3.8) is 0 Å². The molecule has 0 aromatic rings. The highest BCUT2D eigenvalue weighted by atomic mass is 16.5. The standard InChI is InChI=1S/C12H20N2O4/c13-9-4-2-1-3-8(9)11(15)14-5-6-18-10(7-14)12(16)17/h8-10H,1-7,13H2,(H,16,17). The number of hydrogen-bond donors (Lipinski definition) is 2. The summed E-state index contributed by atoms with van der Waals surface area (Å²) < 4.78 is 5.11. The van der Waals surface area contributed by atoms with Crippen molar-refractivity contribution >= 4 is 11.9 Å². The number of nitrogens with zero attached hydrogens (tertiary/aromatic N) is 1. The van der Waals surface area contributed by atoms with Crippen LogP contribution in [0.15, 0.2) is 0 Å². The zero-order valence-corrected chi connectivity index (χ0v) is 10.4. The molecule has 18 heavy (non-hydrogen) atoms. The number of hydrogen-bond acceptors (Lipinski definition) is 4. The summed E-state index contributed by atoms with van der Waals surface area (Å²) in [5.41, 5.74) is 5.99. The monoisotopic (exact) mass is 256 g/mol. The number of nitrogens with two attached hydrogens (primary N) is 1. The molecule has 3 unspecified atom stereocenters. The van der Waals surface area contributed by atoms with Crippen LogP contribution in [0.1, 0.15) is 25.7 Å². The highest BCUT2D eigenvalue weighted by Gasteiger charge is 2.35. The molecular weight excluding hydrogens is 236 g/mol. The molecule has 1 amide bonds. The van der Waals surface area contributed by atoms with Crippen molar-refractivity contribution in [1.29, 1.82) is 0 Å². The van der Waals surface area contributed by atoms with E-state index in [9.17, 15) is 9.59 Å². The fourth-order valence-corrected chi connectivity index (χ4v) is 2.70. The summed E-state index contributed by atoms with van der Waals surface area (Å²) in [6.07, 6.45) is 2.89. The zero-order chi connectivity index (χ0) is 13.1. The van der Waals surface area contributed by atoms with E-state index in [2.05, 4.69) is 0 Å². The quantitative estimate of drug-likeness (QED) is 0.714. The number of carbonyl (C=O) groups excluding carboxylic acids is 1. The van der Waals surface area contributed by atoms with Gasteiger partial charge in [0.25, 0.3) is 0 Å². The van der Waals surface area contributed by atoms with E-state index in [0.29, 0.717) is 6.54 Å². The highest BCUT2D eigenvalue weighted by molar-refractivity contribution is 5.81. The molecule has 0 aromatic heterocycles. The molecule has 1 saturated heterocycles. The molecule has 3 atom stereocenters. The number of carbonyl (C=O) groups is 2. The lowest BCUT2D eigenvalue weighted by Gasteiger charge is -2.36. The molecule has 6 nitrogen and oxygen atoms in total. The van der Waals surface area contributed by atoms with Gasteiger partial charge in [0.1, 0.15) is 0 Å². The third kappa shape index (κ3) is 2.81. The Morgan fingerprint density at radius 3 is 2.67 bits per heavy atom. The molecule has 0 bridgehead atoms. The van der Waals surface area contributed by atoms with Crippen LogP contribution in [0.3, 0.4) is 0 Å². The zero-order valence-electron chi connectivity index (χ0n) is 10.4. The van der Waals surface area contributed by atoms with Crippen LogP contribution in [0.5, 0.6) is 0 Å². The number of ether oxygens (including phenoxy) is 1. The van der Waals surface area contributed by atoms with Gasteiger partial charge in [0.05, 0.1) is 19.1 Å². The molecule has 2 rings (SSSR count). The van der Waals surface area contributed by atoms with Crippen LogP contribution in [0.4, 0.5) is 0 Å². The Morgan fingerprint density at radius 2 is 2.00 bits per heavy atom. The van der Waals surface area contributed by atoms with E-state index in [4.69, 9.17) is 15.6 Å². The smallest absolute Gasteiger partial charge is 0.334 e. The first-order valence-corrected chi connectivity index (χ1v) is 6.48. The summed E-state index contributed by atoms with van der Waals surface area (Å²) in [5.74, 6) is -1.16. The third-order valence-electron chi connectivity index (χ3n) is 3.79. The second-order valence-electron chi connectivity index (χ2n) is 5.04. The van der Waals surface area contributed by atoms with Gasteiger partial charge in [-0.25, -0.2) is 4.79 Å². The van der Waals surface area contributed by atoms with Gasteiger partial charge in [-0.2, -0.15) is 0 Å². The molecule has 0 aromatic carbocycles. The van der Waals surface area contributed by atoms with Gasteiger partial charge in [-0.1, -0.05) is 12.8 Å². The highest BCUT2D eigenvalue weighted by Crippen LogP contribution is 2.25. The maximum absolute atomic E-state index is 12.3. The normalized spacial score (nSPS) is 33.2. The molecule has 2 aliphatic rings. The van der Waals surface area contributed by atoms with Crippen molar-refractivity contribution in [1.82, 2.24) is 4.90 Å². The minimum Gasteiger partial charge on any atom is -0.479 e. The summed E-state index contributed by atoms with van der Waals surface area (Å²) in [4.78, 5) is 24.8. The first kappa shape index (κ1) is 13.3. The Bertz CT molecular complexity index is 334. The topological polar surface area (TPSA) is 92.9 Å². The number of aliphatic carboxylic acids is 1. The number of carboxylic acids is 1. The molecule has 2 fully saturated rings. The number of amides is 1. The third-order valence-corrected chi connectivity index (χ3v) is 3.79. The molecule has 0 radical (unpaired) electrons. The summed E-state index contributed by atoms with van der Waals surface area (Å²) in [6.45, 7) is 0.883. The maximum Gasteiger partial charge on any atom is 0.334 e. The minimum absolute atomic E-state index is 0.00301. The van der Waals surface area contributed by atoms with Gasteiger partial charge >= 0.3 is 5.97 Å². The average Bonchev–Trinajstić information content (AvgIpc) is 2.38. The van der Waals surface area contributed by atoms with Crippen molar-refractivity contribution in [2.24, 2.45) is 11.7 Å². The summed E-state index contributed by atoms with van der Waals surface area (Å²) in [7, 11) is 0. The number of morpholine rings is 1. The SMILES string of the molecule is NC1CCCCC1C(=O)N1CCOC(C(=O)O)C1. The van der Waals surface area contributed by atoms with E-state index in [1.807, 2.05) is 0 Å². The van der Waals surface area contributed by atoms with E-state index in [1.165, 1.54) is 0 Å². The average molecular weight is 256 g/mol. The molecule has 1 heterocycles. The largest absolute Gasteiger partial charge is 0.479 e. The Kier molecular flexibility index (Phi) is 4.19. The van der Waals surface area contributed by atoms with E-state index in [0.717, 1.165) is 25.7 Å². The molecule has 6 heteroatoms. The van der Waals surface area contributed by atoms with Crippen LogP contribution < -0.4 is 5.73 Å². The second kappa shape index (κ2) is 5.67. The lowest BCUT2D eigenvalue weighted by molar-refractivity contribution is -0.161. The van der Waals surface area contributed by atoms with Gasteiger partial charge in [-0.05, 0) is 12.8 Å². The summed E-state index contributed by atoms with van der Waals surface area (Å²) in [6, 6.07) is -0.0858. The van der Waals surface area contributed by atoms with Crippen LogP contribution in [0.2, 0.25) is 0 Å². The first-order valence-electron chi connectivity index (χ1n) is 6.48. The summed E-state index contributed by atoms with van der Waals surface area (Å²) >= 11 is 0. The van der Waals surface area contributed by atoms with Gasteiger partial charge in [0, 0.05) is 12.6 Å². The Labute approximate surface area is 106 Å². The second-order valence-corrected chi connectivity index (χ2v) is 5.04. The van der Waals surface area contributed by atoms with Crippen LogP contribution >= 0.6 is 0 Å². The summed E-state index contributed by atoms with van der Waals surface area (Å²) in [5, 5.41) is 8.91. The van der Waals surface area contributed by atoms with Crippen LogP contribution in [0, 0.1) is 5.92 Å². The minimum atomic E-state index is -1.01. The molecule has 1 aliphatic heterocycles. The fraction of sp³-hybridized carbons (Fsp3) is 0.833. The molecule has 102 valence electrons. The van der Waals surface area contributed by atoms with Gasteiger partial charge in [0.15, 0.2) is 6.10 Å². The maximum atomic E-state index is 12.3. The van der Waals surface area contributed by atoms with Crippen LogP contribution in [-0.2, 0) is 14.3 Å². The fourth-order valence-electron chi connectivity index (χ4n) is 2.70. The van der Waals surface area contributed by atoms with E-state index < -0.39 is 12.1 Å². The van der Waals surface area contributed by atoms with Gasteiger partial charge < -0.3 is 20.5 Å². The Hall–Kier alpha value is -1.14. The van der Waals surface area contributed by atoms with Crippen LogP contribution in [-0.4, -0.2) is 53.7 Å². The van der Waals surface area contributed by atoms with Crippen molar-refractivity contribution < 1.29 is 19.4 Å². The Balaban J connectivity index is 1.97. The molecule has 1 aliphatic carbocycles. The molecular formula is C12H20N2O4. The van der Waals surface area contributed by atoms with Crippen molar-refractivity contribution in [2.75, 3.05) is 19.7 Å². The van der Waals surface area contributed by atoms with Gasteiger partial charge in [0.2, 0.25) is 5.91 Å². The predicted octanol–water partition coefficient (Wildman–Crippen LogP) is -0.184. The lowest BCUT2D eigenvalue weighted by atomic mass is 9.84. The molecule has 3 N–H and O–H groups in total. The predicted molar refractivity (Wildman–Crippen MR) is 63.9 cm³/mol. The van der Waals surface area contributed by atoms with Gasteiger partial charge in [-0.15, -0.1) is 0 Å². The van der Waals surface area contributed by atoms with Gasteiger partial charge in [-0.3, -0.25) is 4.79 Å². The van der Waals surface area contributed by atoms with Crippen molar-refractivity contribution in [3.8, 4) is 0 Å². The van der Waals surface area contributed by atoms with Crippen molar-refractivity contribution in [3.05, 3.63) is 0 Å². The first-order chi connectivity index (χ1) is 8.59. The lowest BCUT2D eigenvalue weighted by Crippen LogP contribution is -2.53. The van der Waals surface area contributed by atoms with E-state index in [-0.39, 0.29) is 31.0 Å². The molecule has 1 saturated carbocycles. The number of carboxylic acid groups (broad SMARTS) is 1. The number of rotatable bonds is 2. The van der Waals surface area contributed by atoms with E-state index in [1.54, 1.807) is 4.90 Å². The Morgan fingerprint density at radius 1 is 1.28 bits per heavy atom.